The smallest absolute Gasteiger partial charge is 0.0943 e. The molecular formula is C13H15IN2S. The zero-order valence-corrected chi connectivity index (χ0v) is 12.7. The van der Waals surface area contributed by atoms with Gasteiger partial charge in [0.05, 0.1) is 5.01 Å². The highest BCUT2D eigenvalue weighted by Gasteiger charge is 2.12. The molecule has 1 aromatic carbocycles. The molecule has 17 heavy (non-hydrogen) atoms. The molecule has 0 saturated heterocycles. The second-order valence-electron chi connectivity index (χ2n) is 3.79. The number of nitrogens with one attached hydrogen (secondary N) is 1. The lowest BCUT2D eigenvalue weighted by atomic mass is 10.0. The van der Waals surface area contributed by atoms with E-state index in [-0.39, 0.29) is 0 Å². The SMILES string of the molecule is CCNC(Cc1nccs1)c1ccc(I)cc1. The number of hydrogen-bond donors (Lipinski definition) is 1. The fourth-order valence-electron chi connectivity index (χ4n) is 1.78. The van der Waals surface area contributed by atoms with Crippen LogP contribution in [0.2, 0.25) is 0 Å². The van der Waals surface area contributed by atoms with Crippen LogP contribution < -0.4 is 5.32 Å². The van der Waals surface area contributed by atoms with Crippen molar-refractivity contribution in [3.8, 4) is 0 Å². The Morgan fingerprint density at radius 3 is 2.71 bits per heavy atom. The summed E-state index contributed by atoms with van der Waals surface area (Å²) in [5.74, 6) is 0. The first-order chi connectivity index (χ1) is 8.29. The van der Waals surface area contributed by atoms with Gasteiger partial charge in [-0.15, -0.1) is 11.3 Å². The van der Waals surface area contributed by atoms with E-state index in [2.05, 4.69) is 64.1 Å². The Labute approximate surface area is 120 Å². The van der Waals surface area contributed by atoms with Crippen molar-refractivity contribution in [2.24, 2.45) is 0 Å². The van der Waals surface area contributed by atoms with Crippen molar-refractivity contribution in [3.05, 3.63) is 50.0 Å². The standard InChI is InChI=1S/C13H15IN2S/c1-2-15-12(9-13-16-7-8-17-13)10-3-5-11(14)6-4-10/h3-8,12,15H,2,9H2,1H3. The molecule has 0 bridgehead atoms. The summed E-state index contributed by atoms with van der Waals surface area (Å²) < 4.78 is 1.27. The van der Waals surface area contributed by atoms with Crippen LogP contribution in [-0.2, 0) is 6.42 Å². The number of likely N-dealkylation sites (N-methyl/N-ethyl adjacent to an activating group) is 1. The van der Waals surface area contributed by atoms with Crippen molar-refractivity contribution in [3.63, 3.8) is 0 Å². The molecule has 1 unspecified atom stereocenters. The van der Waals surface area contributed by atoms with Crippen LogP contribution in [0.3, 0.4) is 0 Å². The van der Waals surface area contributed by atoms with Crippen LogP contribution in [0.15, 0.2) is 35.8 Å². The van der Waals surface area contributed by atoms with Crippen molar-refractivity contribution in [2.45, 2.75) is 19.4 Å². The number of nitrogens with zero attached hydrogens (tertiary/aromatic N) is 1. The molecule has 0 aliphatic rings. The van der Waals surface area contributed by atoms with Crippen LogP contribution in [0.4, 0.5) is 0 Å². The maximum absolute atomic E-state index is 4.36. The maximum Gasteiger partial charge on any atom is 0.0943 e. The minimum absolute atomic E-state index is 0.364. The summed E-state index contributed by atoms with van der Waals surface area (Å²) in [4.78, 5) is 4.36. The van der Waals surface area contributed by atoms with Crippen molar-refractivity contribution in [2.75, 3.05) is 6.54 Å². The van der Waals surface area contributed by atoms with Crippen LogP contribution >= 0.6 is 33.9 Å². The van der Waals surface area contributed by atoms with E-state index in [4.69, 9.17) is 0 Å². The Morgan fingerprint density at radius 1 is 1.35 bits per heavy atom. The van der Waals surface area contributed by atoms with Crippen molar-refractivity contribution in [1.82, 2.24) is 10.3 Å². The Hall–Kier alpha value is -0.460. The predicted molar refractivity (Wildman–Crippen MR) is 81.4 cm³/mol. The van der Waals surface area contributed by atoms with E-state index in [1.807, 2.05) is 11.6 Å². The summed E-state index contributed by atoms with van der Waals surface area (Å²) in [7, 11) is 0. The van der Waals surface area contributed by atoms with E-state index in [0.29, 0.717) is 6.04 Å². The van der Waals surface area contributed by atoms with Gasteiger partial charge in [-0.25, -0.2) is 4.98 Å². The molecule has 0 fully saturated rings. The minimum atomic E-state index is 0.364. The molecule has 90 valence electrons. The normalized spacial score (nSPS) is 12.6. The Morgan fingerprint density at radius 2 is 2.12 bits per heavy atom. The lowest BCUT2D eigenvalue weighted by Gasteiger charge is -2.17. The summed E-state index contributed by atoms with van der Waals surface area (Å²) in [6, 6.07) is 9.07. The molecule has 0 spiro atoms. The molecule has 4 heteroatoms. The first kappa shape index (κ1) is 13.0. The monoisotopic (exact) mass is 358 g/mol. The predicted octanol–water partition coefficient (Wildman–Crippen LogP) is 3.64. The third kappa shape index (κ3) is 3.76. The van der Waals surface area contributed by atoms with Gasteiger partial charge in [-0.3, -0.25) is 0 Å². The van der Waals surface area contributed by atoms with Crippen LogP contribution in [0.1, 0.15) is 23.5 Å². The maximum atomic E-state index is 4.36. The molecule has 2 aromatic rings. The van der Waals surface area contributed by atoms with Crippen LogP contribution in [0.25, 0.3) is 0 Å². The lowest BCUT2D eigenvalue weighted by Crippen LogP contribution is -2.22. The average Bonchev–Trinajstić information content (AvgIpc) is 2.82. The second kappa shape index (κ2) is 6.47. The average molecular weight is 358 g/mol. The third-order valence-corrected chi connectivity index (χ3v) is 4.11. The molecule has 0 saturated carbocycles. The van der Waals surface area contributed by atoms with E-state index < -0.39 is 0 Å². The van der Waals surface area contributed by atoms with Gasteiger partial charge in [-0.2, -0.15) is 0 Å². The molecule has 1 heterocycles. The van der Waals surface area contributed by atoms with Gasteiger partial charge >= 0.3 is 0 Å². The van der Waals surface area contributed by atoms with Gasteiger partial charge in [0.2, 0.25) is 0 Å². The molecule has 1 atom stereocenters. The molecule has 0 aliphatic carbocycles. The van der Waals surface area contributed by atoms with E-state index in [0.717, 1.165) is 13.0 Å². The van der Waals surface area contributed by atoms with Gasteiger partial charge in [-0.05, 0) is 46.8 Å². The quantitative estimate of drug-likeness (QED) is 0.826. The first-order valence-electron chi connectivity index (χ1n) is 5.67. The molecule has 2 rings (SSSR count). The molecule has 0 aliphatic heterocycles. The highest BCUT2D eigenvalue weighted by atomic mass is 127. The van der Waals surface area contributed by atoms with Gasteiger partial charge in [0.25, 0.3) is 0 Å². The van der Waals surface area contributed by atoms with E-state index in [1.165, 1.54) is 14.1 Å². The molecular weight excluding hydrogens is 343 g/mol. The van der Waals surface area contributed by atoms with Gasteiger partial charge in [0, 0.05) is 27.6 Å². The largest absolute Gasteiger partial charge is 0.310 e. The Balaban J connectivity index is 2.13. The fraction of sp³-hybridized carbons (Fsp3) is 0.308. The summed E-state index contributed by atoms with van der Waals surface area (Å²) >= 11 is 4.06. The zero-order valence-electron chi connectivity index (χ0n) is 9.69. The molecule has 1 aromatic heterocycles. The number of benzene rings is 1. The highest BCUT2D eigenvalue weighted by molar-refractivity contribution is 14.1. The molecule has 0 radical (unpaired) electrons. The van der Waals surface area contributed by atoms with Gasteiger partial charge < -0.3 is 5.32 Å². The number of thiazole rings is 1. The third-order valence-electron chi connectivity index (χ3n) is 2.59. The Kier molecular flexibility index (Phi) is 4.94. The van der Waals surface area contributed by atoms with Crippen LogP contribution in [0.5, 0.6) is 0 Å². The van der Waals surface area contributed by atoms with Crippen molar-refractivity contribution < 1.29 is 0 Å². The number of hydrogen-bond acceptors (Lipinski definition) is 3. The number of halogens is 1. The summed E-state index contributed by atoms with van der Waals surface area (Å²) in [6.45, 7) is 3.11. The van der Waals surface area contributed by atoms with Crippen molar-refractivity contribution in [1.29, 1.82) is 0 Å². The first-order valence-corrected chi connectivity index (χ1v) is 7.62. The van der Waals surface area contributed by atoms with Gasteiger partial charge in [0.15, 0.2) is 0 Å². The van der Waals surface area contributed by atoms with Crippen molar-refractivity contribution >= 4 is 33.9 Å². The van der Waals surface area contributed by atoms with E-state index in [1.54, 1.807) is 11.3 Å². The second-order valence-corrected chi connectivity index (χ2v) is 6.02. The minimum Gasteiger partial charge on any atom is -0.310 e. The summed E-state index contributed by atoms with van der Waals surface area (Å²) in [6.07, 6.45) is 2.84. The van der Waals surface area contributed by atoms with Crippen LogP contribution in [-0.4, -0.2) is 11.5 Å². The number of aromatic nitrogens is 1. The molecule has 0 amide bonds. The fourth-order valence-corrected chi connectivity index (χ4v) is 2.80. The zero-order chi connectivity index (χ0) is 12.1. The van der Waals surface area contributed by atoms with Gasteiger partial charge in [-0.1, -0.05) is 19.1 Å². The number of rotatable bonds is 5. The Bertz CT molecular complexity index is 439. The van der Waals surface area contributed by atoms with Crippen LogP contribution in [0, 0.1) is 3.57 Å². The topological polar surface area (TPSA) is 24.9 Å². The van der Waals surface area contributed by atoms with Gasteiger partial charge in [0.1, 0.15) is 0 Å². The summed E-state index contributed by atoms with van der Waals surface area (Å²) in [5.41, 5.74) is 1.34. The van der Waals surface area contributed by atoms with E-state index >= 15 is 0 Å². The van der Waals surface area contributed by atoms with E-state index in [9.17, 15) is 0 Å². The summed E-state index contributed by atoms with van der Waals surface area (Å²) in [5, 5.41) is 6.74. The molecule has 1 N–H and O–H groups in total. The highest BCUT2D eigenvalue weighted by Crippen LogP contribution is 2.20. The lowest BCUT2D eigenvalue weighted by molar-refractivity contribution is 0.548. The molecule has 2 nitrogen and oxygen atoms in total.